The summed E-state index contributed by atoms with van der Waals surface area (Å²) in [6.45, 7) is 5.38. The van der Waals surface area contributed by atoms with E-state index in [0.29, 0.717) is 0 Å². The fourth-order valence-corrected chi connectivity index (χ4v) is 2.25. The zero-order chi connectivity index (χ0) is 10.5. The minimum Gasteiger partial charge on any atom is -0.338 e. The molecule has 0 amide bonds. The van der Waals surface area contributed by atoms with Gasteiger partial charge in [0.1, 0.15) is 0 Å². The average molecular weight is 271 g/mol. The van der Waals surface area contributed by atoms with Crippen molar-refractivity contribution in [3.8, 4) is 0 Å². The molecular weight excluding hydrogens is 256 g/mol. The first-order chi connectivity index (χ1) is 7.40. The number of hydrogen-bond donors (Lipinski definition) is 0. The number of piperazine rings is 1. The first-order valence-electron chi connectivity index (χ1n) is 5.20. The van der Waals surface area contributed by atoms with E-state index in [4.69, 9.17) is 0 Å². The van der Waals surface area contributed by atoms with Gasteiger partial charge in [0.2, 0.25) is 5.95 Å². The molecule has 2 heterocycles. The third kappa shape index (κ3) is 2.89. The molecule has 2 rings (SSSR count). The third-order valence-electron chi connectivity index (χ3n) is 2.61. The molecule has 0 unspecified atom stereocenters. The molecule has 0 spiro atoms. The summed E-state index contributed by atoms with van der Waals surface area (Å²) in [6.07, 6.45) is 3.60. The van der Waals surface area contributed by atoms with Crippen molar-refractivity contribution in [3.63, 3.8) is 0 Å². The number of anilines is 1. The van der Waals surface area contributed by atoms with E-state index >= 15 is 0 Å². The van der Waals surface area contributed by atoms with Gasteiger partial charge in [0.15, 0.2) is 0 Å². The maximum Gasteiger partial charge on any atom is 0.225 e. The molecule has 5 heteroatoms. The summed E-state index contributed by atoms with van der Waals surface area (Å²) in [4.78, 5) is 13.2. The van der Waals surface area contributed by atoms with E-state index in [2.05, 4.69) is 35.7 Å². The Morgan fingerprint density at radius 1 is 1.13 bits per heavy atom. The Morgan fingerprint density at radius 3 is 2.40 bits per heavy atom. The molecule has 1 fully saturated rings. The van der Waals surface area contributed by atoms with E-state index in [1.807, 2.05) is 6.07 Å². The highest BCUT2D eigenvalue weighted by atomic mass is 79.9. The van der Waals surface area contributed by atoms with Gasteiger partial charge in [-0.1, -0.05) is 15.9 Å². The van der Waals surface area contributed by atoms with Gasteiger partial charge in [-0.2, -0.15) is 0 Å². The van der Waals surface area contributed by atoms with Gasteiger partial charge in [-0.25, -0.2) is 9.97 Å². The van der Waals surface area contributed by atoms with E-state index < -0.39 is 0 Å². The molecule has 1 aliphatic rings. The topological polar surface area (TPSA) is 32.3 Å². The molecule has 0 aliphatic carbocycles. The Morgan fingerprint density at radius 2 is 1.80 bits per heavy atom. The van der Waals surface area contributed by atoms with Crippen LogP contribution < -0.4 is 4.90 Å². The summed E-state index contributed by atoms with van der Waals surface area (Å²) >= 11 is 3.46. The molecule has 1 aromatic heterocycles. The van der Waals surface area contributed by atoms with Crippen LogP contribution in [0.4, 0.5) is 5.95 Å². The van der Waals surface area contributed by atoms with Crippen LogP contribution in [0.15, 0.2) is 18.5 Å². The van der Waals surface area contributed by atoms with Gasteiger partial charge in [-0.15, -0.1) is 0 Å². The lowest BCUT2D eigenvalue weighted by atomic mass is 10.3. The van der Waals surface area contributed by atoms with Gasteiger partial charge in [-0.05, 0) is 6.07 Å². The number of rotatable bonds is 3. The van der Waals surface area contributed by atoms with Crippen LogP contribution in [0.5, 0.6) is 0 Å². The Balaban J connectivity index is 1.88. The van der Waals surface area contributed by atoms with Crippen molar-refractivity contribution in [3.05, 3.63) is 18.5 Å². The second kappa shape index (κ2) is 5.42. The van der Waals surface area contributed by atoms with Crippen molar-refractivity contribution in [2.45, 2.75) is 0 Å². The molecule has 15 heavy (non-hydrogen) atoms. The molecule has 0 atom stereocenters. The van der Waals surface area contributed by atoms with Crippen LogP contribution in [-0.2, 0) is 0 Å². The summed E-state index contributed by atoms with van der Waals surface area (Å²) < 4.78 is 0. The smallest absolute Gasteiger partial charge is 0.225 e. The summed E-state index contributed by atoms with van der Waals surface area (Å²) in [5.74, 6) is 0.857. The second-order valence-electron chi connectivity index (χ2n) is 3.57. The molecular formula is C10H15BrN4. The molecule has 0 saturated carbocycles. The fourth-order valence-electron chi connectivity index (χ4n) is 1.75. The van der Waals surface area contributed by atoms with Gasteiger partial charge in [0.05, 0.1) is 0 Å². The van der Waals surface area contributed by atoms with E-state index in [1.165, 1.54) is 0 Å². The number of hydrogen-bond acceptors (Lipinski definition) is 4. The highest BCUT2D eigenvalue weighted by Gasteiger charge is 2.17. The van der Waals surface area contributed by atoms with Crippen LogP contribution in [0.25, 0.3) is 0 Å². The highest BCUT2D eigenvalue weighted by Crippen LogP contribution is 2.09. The SMILES string of the molecule is BrCCN1CCN(c2ncccn2)CC1. The predicted octanol–water partition coefficient (Wildman–Crippen LogP) is 0.993. The Hall–Kier alpha value is -0.680. The first kappa shape index (κ1) is 10.8. The summed E-state index contributed by atoms with van der Waals surface area (Å²) in [5, 5.41) is 1.05. The van der Waals surface area contributed by atoms with Gasteiger partial charge in [-0.3, -0.25) is 4.90 Å². The predicted molar refractivity (Wildman–Crippen MR) is 64.5 cm³/mol. The molecule has 0 N–H and O–H groups in total. The van der Waals surface area contributed by atoms with Gasteiger partial charge in [0.25, 0.3) is 0 Å². The van der Waals surface area contributed by atoms with Gasteiger partial charge in [0, 0.05) is 50.4 Å². The Kier molecular flexibility index (Phi) is 3.91. The molecule has 82 valence electrons. The van der Waals surface area contributed by atoms with Crippen LogP contribution in [0.2, 0.25) is 0 Å². The van der Waals surface area contributed by atoms with Crippen molar-refractivity contribution in [1.29, 1.82) is 0 Å². The number of aromatic nitrogens is 2. The molecule has 1 aromatic rings. The van der Waals surface area contributed by atoms with Crippen LogP contribution in [0.1, 0.15) is 0 Å². The zero-order valence-electron chi connectivity index (χ0n) is 8.64. The normalized spacial score (nSPS) is 18.1. The van der Waals surface area contributed by atoms with E-state index in [-0.39, 0.29) is 0 Å². The second-order valence-corrected chi connectivity index (χ2v) is 4.36. The molecule has 4 nitrogen and oxygen atoms in total. The highest BCUT2D eigenvalue weighted by molar-refractivity contribution is 9.09. The number of halogens is 1. The van der Waals surface area contributed by atoms with Crippen LogP contribution in [0, 0.1) is 0 Å². The number of nitrogens with zero attached hydrogens (tertiary/aromatic N) is 4. The average Bonchev–Trinajstić information content (AvgIpc) is 2.32. The maximum atomic E-state index is 4.26. The number of alkyl halides is 1. The monoisotopic (exact) mass is 270 g/mol. The van der Waals surface area contributed by atoms with E-state index in [1.54, 1.807) is 12.4 Å². The lowest BCUT2D eigenvalue weighted by Gasteiger charge is -2.34. The van der Waals surface area contributed by atoms with Crippen molar-refractivity contribution in [2.24, 2.45) is 0 Å². The molecule has 1 saturated heterocycles. The van der Waals surface area contributed by atoms with Crippen molar-refractivity contribution in [1.82, 2.24) is 14.9 Å². The third-order valence-corrected chi connectivity index (χ3v) is 2.96. The first-order valence-corrected chi connectivity index (χ1v) is 6.32. The molecule has 0 aromatic carbocycles. The minimum absolute atomic E-state index is 0.857. The zero-order valence-corrected chi connectivity index (χ0v) is 10.2. The largest absolute Gasteiger partial charge is 0.338 e. The van der Waals surface area contributed by atoms with Crippen LogP contribution >= 0.6 is 15.9 Å². The van der Waals surface area contributed by atoms with Crippen molar-refractivity contribution < 1.29 is 0 Å². The fraction of sp³-hybridized carbons (Fsp3) is 0.600. The summed E-state index contributed by atoms with van der Waals surface area (Å²) in [6, 6.07) is 1.85. The van der Waals surface area contributed by atoms with E-state index in [0.717, 1.165) is 44.0 Å². The van der Waals surface area contributed by atoms with Gasteiger partial charge < -0.3 is 4.90 Å². The molecule has 0 radical (unpaired) electrons. The van der Waals surface area contributed by atoms with Crippen molar-refractivity contribution in [2.75, 3.05) is 43.0 Å². The summed E-state index contributed by atoms with van der Waals surface area (Å²) in [7, 11) is 0. The standard InChI is InChI=1S/C10H15BrN4/c11-2-5-14-6-8-15(9-7-14)10-12-3-1-4-13-10/h1,3-4H,2,5-9H2. The molecule has 1 aliphatic heterocycles. The van der Waals surface area contributed by atoms with E-state index in [9.17, 15) is 0 Å². The Labute approximate surface area is 98.4 Å². The lowest BCUT2D eigenvalue weighted by Crippen LogP contribution is -2.47. The maximum absolute atomic E-state index is 4.26. The molecule has 0 bridgehead atoms. The minimum atomic E-state index is 0.857. The summed E-state index contributed by atoms with van der Waals surface area (Å²) in [5.41, 5.74) is 0. The van der Waals surface area contributed by atoms with Gasteiger partial charge >= 0.3 is 0 Å². The lowest BCUT2D eigenvalue weighted by molar-refractivity contribution is 0.272. The van der Waals surface area contributed by atoms with Crippen molar-refractivity contribution >= 4 is 21.9 Å². The Bertz CT molecular complexity index is 285. The van der Waals surface area contributed by atoms with Crippen LogP contribution in [0.3, 0.4) is 0 Å². The quantitative estimate of drug-likeness (QED) is 0.768. The van der Waals surface area contributed by atoms with Crippen LogP contribution in [-0.4, -0.2) is 52.9 Å².